The molecule has 0 radical (unpaired) electrons. The summed E-state index contributed by atoms with van der Waals surface area (Å²) < 4.78 is 17.0. The molecule has 8 heteroatoms. The van der Waals surface area contributed by atoms with Gasteiger partial charge >= 0.3 is 11.9 Å². The minimum Gasteiger partial charge on any atom is -0.480 e. The van der Waals surface area contributed by atoms with Crippen LogP contribution < -0.4 is 19.6 Å². The lowest BCUT2D eigenvalue weighted by atomic mass is 10.1. The van der Waals surface area contributed by atoms with Gasteiger partial charge in [0, 0.05) is 17.0 Å². The lowest BCUT2D eigenvalue weighted by Crippen LogP contribution is -2.33. The zero-order valence-corrected chi connectivity index (χ0v) is 22.6. The summed E-state index contributed by atoms with van der Waals surface area (Å²) in [7, 11) is 0. The molecule has 0 saturated carbocycles. The van der Waals surface area contributed by atoms with E-state index in [1.54, 1.807) is 79.7 Å². The number of hydrogen-bond donors (Lipinski definition) is 1. The van der Waals surface area contributed by atoms with E-state index in [0.717, 1.165) is 10.8 Å². The average Bonchev–Trinajstić information content (AvgIpc) is 3.03. The highest BCUT2D eigenvalue weighted by Crippen LogP contribution is 2.27. The number of ether oxygens (including phenoxy) is 3. The van der Waals surface area contributed by atoms with Gasteiger partial charge in [-0.3, -0.25) is 4.79 Å². The van der Waals surface area contributed by atoms with Gasteiger partial charge in [-0.05, 0) is 54.8 Å². The molecule has 5 rings (SSSR count). The summed E-state index contributed by atoms with van der Waals surface area (Å²) in [5.74, 6) is -0.827. The molecule has 0 unspecified atom stereocenters. The Morgan fingerprint density at radius 1 is 0.690 bits per heavy atom. The highest BCUT2D eigenvalue weighted by atomic mass is 16.5. The van der Waals surface area contributed by atoms with Crippen LogP contribution in [0.4, 0.5) is 0 Å². The van der Waals surface area contributed by atoms with Crippen molar-refractivity contribution in [1.82, 2.24) is 5.43 Å². The van der Waals surface area contributed by atoms with Crippen LogP contribution in [0.1, 0.15) is 33.2 Å². The third-order valence-electron chi connectivity index (χ3n) is 6.22. The molecule has 0 aliphatic heterocycles. The first-order chi connectivity index (χ1) is 20.5. The van der Waals surface area contributed by atoms with Crippen molar-refractivity contribution in [3.63, 3.8) is 0 Å². The number of hydrogen-bond acceptors (Lipinski definition) is 7. The Bertz CT molecular complexity index is 1750. The fourth-order valence-corrected chi connectivity index (χ4v) is 4.05. The standard InChI is InChI=1S/C34H26N2O6/c1-23(40-30-18-10-16-24-11-8-9-17-29(24)30)32(37)36-35-22-27-19-20-28(41-33(38)25-12-4-2-5-13-25)21-31(27)42-34(39)26-14-6-3-7-15-26/h2-23H,1H3,(H,36,37)/b35-22-/t23-/m1/s1. The summed E-state index contributed by atoms with van der Waals surface area (Å²) in [6.45, 7) is 1.62. The van der Waals surface area contributed by atoms with Gasteiger partial charge in [0.05, 0.1) is 17.3 Å². The highest BCUT2D eigenvalue weighted by Gasteiger charge is 2.17. The molecule has 208 valence electrons. The van der Waals surface area contributed by atoms with Gasteiger partial charge < -0.3 is 14.2 Å². The first-order valence-corrected chi connectivity index (χ1v) is 13.1. The Morgan fingerprint density at radius 3 is 2.02 bits per heavy atom. The monoisotopic (exact) mass is 558 g/mol. The number of hydrazone groups is 1. The largest absolute Gasteiger partial charge is 0.480 e. The number of carbonyl (C=O) groups is 3. The Kier molecular flexibility index (Phi) is 8.64. The fraction of sp³-hybridized carbons (Fsp3) is 0.0588. The van der Waals surface area contributed by atoms with Crippen LogP contribution in [0.3, 0.4) is 0 Å². The Morgan fingerprint density at radius 2 is 1.31 bits per heavy atom. The molecule has 1 amide bonds. The molecule has 42 heavy (non-hydrogen) atoms. The number of carbonyl (C=O) groups excluding carboxylic acids is 3. The summed E-state index contributed by atoms with van der Waals surface area (Å²) in [6, 6.07) is 34.8. The first-order valence-electron chi connectivity index (χ1n) is 13.1. The van der Waals surface area contributed by atoms with Crippen molar-refractivity contribution in [1.29, 1.82) is 0 Å². The number of fused-ring (bicyclic) bond motifs is 1. The minimum absolute atomic E-state index is 0.0836. The number of nitrogens with zero attached hydrogens (tertiary/aromatic N) is 1. The van der Waals surface area contributed by atoms with E-state index in [4.69, 9.17) is 14.2 Å². The molecule has 0 heterocycles. The maximum atomic E-state index is 12.8. The molecular formula is C34H26N2O6. The molecule has 0 fully saturated rings. The van der Waals surface area contributed by atoms with Crippen molar-refractivity contribution >= 4 is 34.8 Å². The maximum absolute atomic E-state index is 12.8. The van der Waals surface area contributed by atoms with Gasteiger partial charge in [0.2, 0.25) is 0 Å². The summed E-state index contributed by atoms with van der Waals surface area (Å²) in [5, 5.41) is 5.93. The predicted molar refractivity (Wildman–Crippen MR) is 159 cm³/mol. The molecule has 0 bridgehead atoms. The SMILES string of the molecule is C[C@@H](Oc1cccc2ccccc12)C(=O)N/N=C\c1ccc(OC(=O)c2ccccc2)cc1OC(=O)c1ccccc1. The third kappa shape index (κ3) is 6.86. The third-order valence-corrected chi connectivity index (χ3v) is 6.22. The quantitative estimate of drug-likeness (QED) is 0.100. The van der Waals surface area contributed by atoms with E-state index in [-0.39, 0.29) is 11.5 Å². The highest BCUT2D eigenvalue weighted by molar-refractivity contribution is 5.94. The maximum Gasteiger partial charge on any atom is 0.343 e. The van der Waals surface area contributed by atoms with Gasteiger partial charge in [-0.2, -0.15) is 5.10 Å². The van der Waals surface area contributed by atoms with Crippen LogP contribution in [0.15, 0.2) is 126 Å². The van der Waals surface area contributed by atoms with Crippen molar-refractivity contribution in [2.24, 2.45) is 5.10 Å². The van der Waals surface area contributed by atoms with Crippen LogP contribution in [0.25, 0.3) is 10.8 Å². The second kappa shape index (κ2) is 13.1. The second-order valence-corrected chi connectivity index (χ2v) is 9.18. The normalized spacial score (nSPS) is 11.5. The molecule has 1 N–H and O–H groups in total. The number of benzene rings is 5. The topological polar surface area (TPSA) is 103 Å². The molecule has 0 aromatic heterocycles. The molecule has 0 spiro atoms. The zero-order valence-electron chi connectivity index (χ0n) is 22.6. The van der Waals surface area contributed by atoms with Crippen LogP contribution in [0, 0.1) is 0 Å². The van der Waals surface area contributed by atoms with E-state index in [9.17, 15) is 14.4 Å². The molecule has 0 saturated heterocycles. The Labute approximate surface area is 242 Å². The van der Waals surface area contributed by atoms with Crippen molar-refractivity contribution in [3.05, 3.63) is 138 Å². The summed E-state index contributed by atoms with van der Waals surface area (Å²) in [6.07, 6.45) is 0.488. The second-order valence-electron chi connectivity index (χ2n) is 9.18. The van der Waals surface area contributed by atoms with Crippen LogP contribution in [0.5, 0.6) is 17.2 Å². The Hall–Kier alpha value is -5.76. The van der Waals surface area contributed by atoms with Gasteiger partial charge in [0.25, 0.3) is 5.91 Å². The molecule has 5 aromatic rings. The minimum atomic E-state index is -0.844. The van der Waals surface area contributed by atoms with Crippen molar-refractivity contribution < 1.29 is 28.6 Å². The molecule has 0 aliphatic carbocycles. The van der Waals surface area contributed by atoms with E-state index in [1.807, 2.05) is 36.4 Å². The van der Waals surface area contributed by atoms with E-state index >= 15 is 0 Å². The van der Waals surface area contributed by atoms with E-state index in [1.165, 1.54) is 18.3 Å². The van der Waals surface area contributed by atoms with Crippen molar-refractivity contribution in [2.45, 2.75) is 13.0 Å². The molecule has 8 nitrogen and oxygen atoms in total. The molecule has 0 aliphatic rings. The van der Waals surface area contributed by atoms with Crippen LogP contribution in [-0.2, 0) is 4.79 Å². The van der Waals surface area contributed by atoms with Gasteiger partial charge in [0.15, 0.2) is 6.10 Å². The Balaban J connectivity index is 1.31. The zero-order chi connectivity index (χ0) is 29.3. The number of amides is 1. The lowest BCUT2D eigenvalue weighted by Gasteiger charge is -2.15. The van der Waals surface area contributed by atoms with Gasteiger partial charge in [0.1, 0.15) is 17.2 Å². The van der Waals surface area contributed by atoms with Gasteiger partial charge in [-0.15, -0.1) is 0 Å². The number of nitrogens with one attached hydrogen (secondary N) is 1. The molecule has 1 atom stereocenters. The molecular weight excluding hydrogens is 532 g/mol. The average molecular weight is 559 g/mol. The van der Waals surface area contributed by atoms with Crippen LogP contribution >= 0.6 is 0 Å². The summed E-state index contributed by atoms with van der Waals surface area (Å²) >= 11 is 0. The van der Waals surface area contributed by atoms with Crippen molar-refractivity contribution in [2.75, 3.05) is 0 Å². The summed E-state index contributed by atoms with van der Waals surface area (Å²) in [5.41, 5.74) is 3.52. The van der Waals surface area contributed by atoms with E-state index < -0.39 is 23.9 Å². The number of rotatable bonds is 9. The number of esters is 2. The predicted octanol–water partition coefficient (Wildman–Crippen LogP) is 6.20. The smallest absolute Gasteiger partial charge is 0.343 e. The van der Waals surface area contributed by atoms with Crippen molar-refractivity contribution in [3.8, 4) is 17.2 Å². The summed E-state index contributed by atoms with van der Waals surface area (Å²) in [4.78, 5) is 38.1. The van der Waals surface area contributed by atoms with E-state index in [0.29, 0.717) is 22.4 Å². The van der Waals surface area contributed by atoms with Gasteiger partial charge in [-0.1, -0.05) is 72.8 Å². The molecule has 5 aromatic carbocycles. The van der Waals surface area contributed by atoms with Crippen LogP contribution in [0.2, 0.25) is 0 Å². The lowest BCUT2D eigenvalue weighted by molar-refractivity contribution is -0.127. The van der Waals surface area contributed by atoms with Crippen LogP contribution in [-0.4, -0.2) is 30.2 Å². The van der Waals surface area contributed by atoms with Gasteiger partial charge in [-0.25, -0.2) is 15.0 Å². The fourth-order valence-electron chi connectivity index (χ4n) is 4.05. The van der Waals surface area contributed by atoms with E-state index in [2.05, 4.69) is 10.5 Å². The first kappa shape index (κ1) is 27.8.